The Hall–Kier alpha value is -1.84. The number of hydrogen-bond acceptors (Lipinski definition) is 4. The van der Waals surface area contributed by atoms with E-state index < -0.39 is 0 Å². The van der Waals surface area contributed by atoms with Crippen LogP contribution in [-0.2, 0) is 16.1 Å². The van der Waals surface area contributed by atoms with E-state index in [0.29, 0.717) is 6.54 Å². The van der Waals surface area contributed by atoms with Crippen molar-refractivity contribution in [3.05, 3.63) is 21.9 Å². The molecule has 0 atom stereocenters. The number of thiophene rings is 1. The summed E-state index contributed by atoms with van der Waals surface area (Å²) >= 11 is 1.45. The molecule has 0 fully saturated rings. The maximum absolute atomic E-state index is 11.3. The lowest BCUT2D eigenvalue weighted by Crippen LogP contribution is -2.35. The van der Waals surface area contributed by atoms with Gasteiger partial charge in [-0.3, -0.25) is 9.59 Å². The fraction of sp³-hybridized carbons (Fsp3) is 0.333. The zero-order valence-corrected chi connectivity index (χ0v) is 10.8. The zero-order chi connectivity index (χ0) is 13.4. The topological polar surface area (TPSA) is 78.4 Å². The number of aliphatic hydroxyl groups excluding tert-OH is 1. The molecular weight excluding hydrogens is 252 g/mol. The van der Waals surface area contributed by atoms with Gasteiger partial charge >= 0.3 is 0 Å². The van der Waals surface area contributed by atoms with Crippen LogP contribution in [0.4, 0.5) is 0 Å². The first kappa shape index (κ1) is 14.2. The number of nitrogens with one attached hydrogen (secondary N) is 2. The fourth-order valence-electron chi connectivity index (χ4n) is 1.12. The first-order valence-corrected chi connectivity index (χ1v) is 6.13. The Balaban J connectivity index is 2.37. The number of rotatable bonds is 4. The highest BCUT2D eigenvalue weighted by atomic mass is 32.1. The highest BCUT2D eigenvalue weighted by molar-refractivity contribution is 7.12. The van der Waals surface area contributed by atoms with Gasteiger partial charge in [-0.1, -0.05) is 11.8 Å². The molecule has 3 N–H and O–H groups in total. The van der Waals surface area contributed by atoms with Crippen molar-refractivity contribution < 1.29 is 14.7 Å². The van der Waals surface area contributed by atoms with Gasteiger partial charge in [-0.05, 0) is 12.1 Å². The second kappa shape index (κ2) is 7.48. The highest BCUT2D eigenvalue weighted by Crippen LogP contribution is 2.14. The molecule has 0 saturated heterocycles. The molecule has 18 heavy (non-hydrogen) atoms. The van der Waals surface area contributed by atoms with Crippen molar-refractivity contribution >= 4 is 23.2 Å². The third-order valence-corrected chi connectivity index (χ3v) is 2.91. The first-order chi connectivity index (χ1) is 8.61. The lowest BCUT2D eigenvalue weighted by atomic mass is 10.4. The van der Waals surface area contributed by atoms with Crippen LogP contribution >= 0.6 is 11.3 Å². The minimum atomic E-state index is -0.235. The molecule has 6 heteroatoms. The minimum Gasteiger partial charge on any atom is -0.384 e. The summed E-state index contributed by atoms with van der Waals surface area (Å²) in [6.45, 7) is 1.58. The Morgan fingerprint density at radius 1 is 1.39 bits per heavy atom. The number of carbonyl (C=O) groups is 2. The Kier molecular flexibility index (Phi) is 5.91. The molecule has 0 aliphatic heterocycles. The molecule has 2 amide bonds. The average molecular weight is 266 g/mol. The molecule has 5 nitrogen and oxygen atoms in total. The number of aliphatic hydroxyl groups is 1. The molecule has 0 aliphatic carbocycles. The van der Waals surface area contributed by atoms with Gasteiger partial charge in [0.1, 0.15) is 6.61 Å². The summed E-state index contributed by atoms with van der Waals surface area (Å²) in [6, 6.07) is 3.70. The highest BCUT2D eigenvalue weighted by Gasteiger charge is 2.03. The molecule has 0 aromatic carbocycles. The molecule has 0 spiro atoms. The predicted octanol–water partition coefficient (Wildman–Crippen LogP) is -0.156. The Labute approximate surface area is 109 Å². The third-order valence-electron chi connectivity index (χ3n) is 1.91. The lowest BCUT2D eigenvalue weighted by molar-refractivity contribution is -0.125. The van der Waals surface area contributed by atoms with E-state index in [1.807, 2.05) is 12.1 Å². The maximum atomic E-state index is 11.3. The Morgan fingerprint density at radius 2 is 2.17 bits per heavy atom. The second-order valence-electron chi connectivity index (χ2n) is 3.41. The van der Waals surface area contributed by atoms with E-state index in [1.54, 1.807) is 0 Å². The summed E-state index contributed by atoms with van der Waals surface area (Å²) in [5.41, 5.74) is 0. The molecule has 0 unspecified atom stereocenters. The largest absolute Gasteiger partial charge is 0.384 e. The van der Waals surface area contributed by atoms with Gasteiger partial charge in [0.25, 0.3) is 0 Å². The summed E-state index contributed by atoms with van der Waals surface area (Å²) in [5, 5.41) is 13.7. The molecule has 1 aromatic heterocycles. The molecule has 1 aromatic rings. The van der Waals surface area contributed by atoms with Gasteiger partial charge in [-0.15, -0.1) is 11.3 Å². The van der Waals surface area contributed by atoms with Crippen molar-refractivity contribution in [2.75, 3.05) is 13.2 Å². The number of amides is 2. The molecule has 0 bridgehead atoms. The minimum absolute atomic E-state index is 0.0160. The SMILES string of the molecule is CC(=O)NCC(=O)NCc1ccc(C#CCO)s1. The summed E-state index contributed by atoms with van der Waals surface area (Å²) in [6.07, 6.45) is 0. The van der Waals surface area contributed by atoms with E-state index in [-0.39, 0.29) is 25.0 Å². The van der Waals surface area contributed by atoms with Crippen molar-refractivity contribution in [3.8, 4) is 11.8 Å². The molecular formula is C12H14N2O3S. The normalized spacial score (nSPS) is 9.22. The molecule has 1 heterocycles. The van der Waals surface area contributed by atoms with E-state index in [1.165, 1.54) is 18.3 Å². The van der Waals surface area contributed by atoms with Gasteiger partial charge < -0.3 is 15.7 Å². The van der Waals surface area contributed by atoms with Gasteiger partial charge in [-0.2, -0.15) is 0 Å². The van der Waals surface area contributed by atoms with Crippen LogP contribution in [0.3, 0.4) is 0 Å². The van der Waals surface area contributed by atoms with E-state index in [4.69, 9.17) is 5.11 Å². The van der Waals surface area contributed by atoms with Gasteiger partial charge in [0.05, 0.1) is 18.0 Å². The third kappa shape index (κ3) is 5.48. The van der Waals surface area contributed by atoms with Crippen LogP contribution < -0.4 is 10.6 Å². The van der Waals surface area contributed by atoms with Crippen LogP contribution in [0.5, 0.6) is 0 Å². The van der Waals surface area contributed by atoms with Crippen LogP contribution in [0, 0.1) is 11.8 Å². The van der Waals surface area contributed by atoms with Crippen molar-refractivity contribution in [2.45, 2.75) is 13.5 Å². The Bertz CT molecular complexity index is 485. The summed E-state index contributed by atoms with van der Waals surface area (Å²) in [4.78, 5) is 23.7. The van der Waals surface area contributed by atoms with Gasteiger partial charge in [0.15, 0.2) is 0 Å². The summed E-state index contributed by atoms with van der Waals surface area (Å²) in [5.74, 6) is 4.88. The first-order valence-electron chi connectivity index (χ1n) is 5.31. The summed E-state index contributed by atoms with van der Waals surface area (Å²) < 4.78 is 0. The molecule has 0 radical (unpaired) electrons. The monoisotopic (exact) mass is 266 g/mol. The predicted molar refractivity (Wildman–Crippen MR) is 68.8 cm³/mol. The van der Waals surface area contributed by atoms with Crippen LogP contribution in [0.15, 0.2) is 12.1 Å². The Morgan fingerprint density at radius 3 is 2.83 bits per heavy atom. The van der Waals surface area contributed by atoms with Crippen LogP contribution in [0.2, 0.25) is 0 Å². The van der Waals surface area contributed by atoms with Crippen molar-refractivity contribution in [1.29, 1.82) is 0 Å². The van der Waals surface area contributed by atoms with Crippen molar-refractivity contribution in [1.82, 2.24) is 10.6 Å². The van der Waals surface area contributed by atoms with Crippen LogP contribution in [0.25, 0.3) is 0 Å². The summed E-state index contributed by atoms with van der Waals surface area (Å²) in [7, 11) is 0. The van der Waals surface area contributed by atoms with Crippen molar-refractivity contribution in [2.24, 2.45) is 0 Å². The molecule has 0 saturated carbocycles. The fourth-order valence-corrected chi connectivity index (χ4v) is 1.94. The van der Waals surface area contributed by atoms with E-state index in [0.717, 1.165) is 9.75 Å². The smallest absolute Gasteiger partial charge is 0.239 e. The van der Waals surface area contributed by atoms with E-state index in [9.17, 15) is 9.59 Å². The standard InChI is InChI=1S/C12H14N2O3S/c1-9(16)13-8-12(17)14-7-11-5-4-10(18-11)3-2-6-15/h4-5,15H,6-8H2,1H3,(H,13,16)(H,14,17). The quantitative estimate of drug-likeness (QED) is 0.663. The average Bonchev–Trinajstić information content (AvgIpc) is 2.79. The van der Waals surface area contributed by atoms with Gasteiger partial charge in [0.2, 0.25) is 11.8 Å². The van der Waals surface area contributed by atoms with Gasteiger partial charge in [0, 0.05) is 11.8 Å². The van der Waals surface area contributed by atoms with Crippen LogP contribution in [0.1, 0.15) is 16.7 Å². The maximum Gasteiger partial charge on any atom is 0.239 e. The number of hydrogen-bond donors (Lipinski definition) is 3. The van der Waals surface area contributed by atoms with E-state index in [2.05, 4.69) is 22.5 Å². The van der Waals surface area contributed by atoms with Crippen LogP contribution in [-0.4, -0.2) is 30.1 Å². The number of carbonyl (C=O) groups excluding carboxylic acids is 2. The van der Waals surface area contributed by atoms with Crippen molar-refractivity contribution in [3.63, 3.8) is 0 Å². The second-order valence-corrected chi connectivity index (χ2v) is 4.58. The molecule has 0 aliphatic rings. The zero-order valence-electron chi connectivity index (χ0n) is 9.95. The molecule has 96 valence electrons. The lowest BCUT2D eigenvalue weighted by Gasteiger charge is -2.03. The molecule has 1 rings (SSSR count). The van der Waals surface area contributed by atoms with Gasteiger partial charge in [-0.25, -0.2) is 0 Å². The van der Waals surface area contributed by atoms with E-state index >= 15 is 0 Å².